The van der Waals surface area contributed by atoms with Crippen LogP contribution in [0.5, 0.6) is 0 Å². The zero-order chi connectivity index (χ0) is 25.5. The van der Waals surface area contributed by atoms with Crippen LogP contribution in [0.25, 0.3) is 0 Å². The van der Waals surface area contributed by atoms with E-state index in [-0.39, 0.29) is 12.1 Å². The lowest BCUT2D eigenvalue weighted by atomic mass is 9.47. The number of carbonyl (C=O) groups excluding carboxylic acids is 1. The van der Waals surface area contributed by atoms with Crippen molar-refractivity contribution in [3.63, 3.8) is 0 Å². The molecule has 3 saturated carbocycles. The minimum Gasteiger partial charge on any atom is -0.458 e. The third-order valence-electron chi connectivity index (χ3n) is 11.4. The molecule has 3 heteroatoms. The summed E-state index contributed by atoms with van der Waals surface area (Å²) >= 11 is 0. The third-order valence-corrected chi connectivity index (χ3v) is 11.4. The van der Waals surface area contributed by atoms with Crippen molar-refractivity contribution in [2.75, 3.05) is 0 Å². The second-order valence-corrected chi connectivity index (χ2v) is 13.8. The summed E-state index contributed by atoms with van der Waals surface area (Å²) < 4.78 is 5.97. The molecule has 0 radical (unpaired) electrons. The van der Waals surface area contributed by atoms with Crippen LogP contribution >= 0.6 is 0 Å². The van der Waals surface area contributed by atoms with Crippen LogP contribution in [-0.2, 0) is 4.74 Å². The van der Waals surface area contributed by atoms with Gasteiger partial charge < -0.3 is 4.74 Å². The highest BCUT2D eigenvalue weighted by molar-refractivity contribution is 5.89. The van der Waals surface area contributed by atoms with Gasteiger partial charge in [-0.1, -0.05) is 65.5 Å². The predicted molar refractivity (Wildman–Crippen MR) is 146 cm³/mol. The van der Waals surface area contributed by atoms with Crippen LogP contribution in [-0.4, -0.2) is 17.1 Å². The third kappa shape index (κ3) is 4.69. The highest BCUT2D eigenvalue weighted by Crippen LogP contribution is 2.67. The molecule has 1 aromatic heterocycles. The van der Waals surface area contributed by atoms with Crippen LogP contribution in [0, 0.1) is 46.3 Å². The molecule has 198 valence electrons. The first-order valence-electron chi connectivity index (χ1n) is 15.0. The van der Waals surface area contributed by atoms with E-state index in [1.165, 1.54) is 51.4 Å². The second-order valence-electron chi connectivity index (χ2n) is 13.8. The molecule has 0 aromatic carbocycles. The lowest BCUT2D eigenvalue weighted by Gasteiger charge is -2.58. The zero-order valence-electron chi connectivity index (χ0n) is 23.5. The number of carbonyl (C=O) groups is 1. The molecule has 3 nitrogen and oxygen atoms in total. The summed E-state index contributed by atoms with van der Waals surface area (Å²) in [7, 11) is 0. The number of hydrogen-bond acceptors (Lipinski definition) is 3. The maximum atomic E-state index is 12.7. The topological polar surface area (TPSA) is 39.2 Å². The molecule has 0 saturated heterocycles. The standard InChI is InChI=1S/C33H49NO2/c1-22(2)7-6-8-23(3)28-11-12-29-27-10-9-25-21-26(36-31(35)24-15-19-34-20-16-24)13-17-32(25,4)30(27)14-18-33(28,29)5/h9,15-16,19-20,22-23,26-30H,6-8,10-14,17-18,21H2,1-5H3/t23?,26?,27?,28-,29?,30?,32+,33-/m1/s1. The largest absolute Gasteiger partial charge is 0.458 e. The van der Waals surface area contributed by atoms with Gasteiger partial charge in [-0.25, -0.2) is 4.79 Å². The van der Waals surface area contributed by atoms with Crippen LogP contribution in [0.2, 0.25) is 0 Å². The van der Waals surface area contributed by atoms with Gasteiger partial charge in [0.05, 0.1) is 5.56 Å². The van der Waals surface area contributed by atoms with Crippen molar-refractivity contribution in [1.82, 2.24) is 4.98 Å². The van der Waals surface area contributed by atoms with E-state index in [2.05, 4.69) is 45.7 Å². The number of ether oxygens (including phenoxy) is 1. The number of nitrogens with zero attached hydrogens (tertiary/aromatic N) is 1. The SMILES string of the molecule is CC(C)CCCC(C)[C@H]1CCC2C3CC=C4CC(OC(=O)c5ccncc5)CC[C@]4(C)C3CC[C@@]21C. The summed E-state index contributed by atoms with van der Waals surface area (Å²) in [6, 6.07) is 3.50. The van der Waals surface area contributed by atoms with Crippen molar-refractivity contribution < 1.29 is 9.53 Å². The van der Waals surface area contributed by atoms with E-state index in [4.69, 9.17) is 4.74 Å². The Hall–Kier alpha value is -1.64. The quantitative estimate of drug-likeness (QED) is 0.283. The molecule has 8 atom stereocenters. The maximum Gasteiger partial charge on any atom is 0.338 e. The minimum atomic E-state index is -0.201. The van der Waals surface area contributed by atoms with Crippen LogP contribution < -0.4 is 0 Å². The van der Waals surface area contributed by atoms with Crippen molar-refractivity contribution in [2.24, 2.45) is 46.3 Å². The summed E-state index contributed by atoms with van der Waals surface area (Å²) in [6.45, 7) is 12.5. The Morgan fingerprint density at radius 3 is 2.56 bits per heavy atom. The van der Waals surface area contributed by atoms with E-state index in [1.807, 2.05) is 0 Å². The molecule has 4 aliphatic rings. The second kappa shape index (κ2) is 10.3. The first-order chi connectivity index (χ1) is 17.2. The molecule has 1 heterocycles. The molecule has 3 fully saturated rings. The average Bonchev–Trinajstić information content (AvgIpc) is 3.22. The van der Waals surface area contributed by atoms with Crippen LogP contribution in [0.1, 0.15) is 116 Å². The Morgan fingerprint density at radius 1 is 1.03 bits per heavy atom. The van der Waals surface area contributed by atoms with E-state index in [0.29, 0.717) is 16.4 Å². The van der Waals surface area contributed by atoms with Gasteiger partial charge in [0.2, 0.25) is 0 Å². The molecule has 5 unspecified atom stereocenters. The van der Waals surface area contributed by atoms with Gasteiger partial charge in [-0.15, -0.1) is 0 Å². The monoisotopic (exact) mass is 491 g/mol. The molecular weight excluding hydrogens is 442 g/mol. The van der Waals surface area contributed by atoms with Gasteiger partial charge in [0, 0.05) is 18.8 Å². The number of allylic oxidation sites excluding steroid dienone is 1. The zero-order valence-corrected chi connectivity index (χ0v) is 23.5. The fourth-order valence-corrected chi connectivity index (χ4v) is 9.46. The number of fused-ring (bicyclic) bond motifs is 5. The molecule has 0 aliphatic heterocycles. The predicted octanol–water partition coefficient (Wildman–Crippen LogP) is 8.65. The van der Waals surface area contributed by atoms with E-state index < -0.39 is 0 Å². The summed E-state index contributed by atoms with van der Waals surface area (Å²) in [6.07, 6.45) is 20.2. The molecule has 36 heavy (non-hydrogen) atoms. The van der Waals surface area contributed by atoms with E-state index in [0.717, 1.165) is 54.8 Å². The summed E-state index contributed by atoms with van der Waals surface area (Å²) in [5.74, 6) is 4.96. The van der Waals surface area contributed by atoms with Crippen LogP contribution in [0.4, 0.5) is 0 Å². The molecular formula is C33H49NO2. The first kappa shape index (κ1) is 26.0. The Labute approximate surface area is 219 Å². The lowest BCUT2D eigenvalue weighted by Crippen LogP contribution is -2.51. The van der Waals surface area contributed by atoms with Crippen molar-refractivity contribution in [2.45, 2.75) is 111 Å². The van der Waals surface area contributed by atoms with Crippen molar-refractivity contribution in [3.8, 4) is 0 Å². The first-order valence-corrected chi connectivity index (χ1v) is 15.0. The number of hydrogen-bond donors (Lipinski definition) is 0. The Kier molecular flexibility index (Phi) is 7.40. The smallest absolute Gasteiger partial charge is 0.338 e. The van der Waals surface area contributed by atoms with E-state index >= 15 is 0 Å². The molecule has 0 N–H and O–H groups in total. The molecule has 5 rings (SSSR count). The highest BCUT2D eigenvalue weighted by atomic mass is 16.5. The van der Waals surface area contributed by atoms with E-state index in [9.17, 15) is 4.79 Å². The normalized spacial score (nSPS) is 38.5. The van der Waals surface area contributed by atoms with E-state index in [1.54, 1.807) is 30.1 Å². The van der Waals surface area contributed by atoms with Gasteiger partial charge in [0.15, 0.2) is 0 Å². The van der Waals surface area contributed by atoms with Crippen molar-refractivity contribution >= 4 is 5.97 Å². The number of rotatable bonds is 7. The van der Waals surface area contributed by atoms with Gasteiger partial charge >= 0.3 is 5.97 Å². The Balaban J connectivity index is 1.25. The van der Waals surface area contributed by atoms with Gasteiger partial charge in [-0.05, 0) is 103 Å². The summed E-state index contributed by atoms with van der Waals surface area (Å²) in [5.41, 5.74) is 3.03. The average molecular weight is 492 g/mol. The van der Waals surface area contributed by atoms with Gasteiger partial charge in [-0.3, -0.25) is 4.98 Å². The molecule has 0 bridgehead atoms. The Bertz CT molecular complexity index is 954. The van der Waals surface area contributed by atoms with Gasteiger partial charge in [-0.2, -0.15) is 0 Å². The van der Waals surface area contributed by atoms with Crippen molar-refractivity contribution in [1.29, 1.82) is 0 Å². The van der Waals surface area contributed by atoms with Crippen LogP contribution in [0.3, 0.4) is 0 Å². The summed E-state index contributed by atoms with van der Waals surface area (Å²) in [4.78, 5) is 16.7. The number of aromatic nitrogens is 1. The minimum absolute atomic E-state index is 0.0120. The number of esters is 1. The maximum absolute atomic E-state index is 12.7. The molecule has 0 amide bonds. The number of pyridine rings is 1. The molecule has 1 aromatic rings. The summed E-state index contributed by atoms with van der Waals surface area (Å²) in [5, 5.41) is 0. The fraction of sp³-hybridized carbons (Fsp3) is 0.758. The van der Waals surface area contributed by atoms with Gasteiger partial charge in [0.1, 0.15) is 6.10 Å². The Morgan fingerprint density at radius 2 is 1.81 bits per heavy atom. The molecule has 4 aliphatic carbocycles. The molecule has 0 spiro atoms. The van der Waals surface area contributed by atoms with Crippen molar-refractivity contribution in [3.05, 3.63) is 41.7 Å². The van der Waals surface area contributed by atoms with Gasteiger partial charge in [0.25, 0.3) is 0 Å². The van der Waals surface area contributed by atoms with Crippen LogP contribution in [0.15, 0.2) is 36.2 Å². The fourth-order valence-electron chi connectivity index (χ4n) is 9.46. The highest BCUT2D eigenvalue weighted by Gasteiger charge is 2.59. The lowest BCUT2D eigenvalue weighted by molar-refractivity contribution is -0.0594.